The number of nitrogens with one attached hydrogen (secondary N) is 1. The molecule has 2 heteroatoms. The highest BCUT2D eigenvalue weighted by atomic mass is 16.1. The third-order valence-electron chi connectivity index (χ3n) is 5.82. The molecule has 3 aromatic carbocycles. The van der Waals surface area contributed by atoms with Crippen LogP contribution in [0, 0.1) is 0 Å². The molecular formula is C25H25NO. The first-order valence-corrected chi connectivity index (χ1v) is 9.67. The van der Waals surface area contributed by atoms with Crippen molar-refractivity contribution in [3.8, 4) is 0 Å². The predicted molar refractivity (Wildman–Crippen MR) is 110 cm³/mol. The summed E-state index contributed by atoms with van der Waals surface area (Å²) in [5.74, 6) is 0.104. The molecule has 0 spiro atoms. The van der Waals surface area contributed by atoms with Crippen LogP contribution >= 0.6 is 0 Å². The van der Waals surface area contributed by atoms with Crippen molar-refractivity contribution < 1.29 is 4.79 Å². The van der Waals surface area contributed by atoms with Gasteiger partial charge in [-0.15, -0.1) is 0 Å². The van der Waals surface area contributed by atoms with Crippen LogP contribution in [0.4, 0.5) is 0 Å². The van der Waals surface area contributed by atoms with Gasteiger partial charge in [0.2, 0.25) is 5.91 Å². The Morgan fingerprint density at radius 2 is 1.56 bits per heavy atom. The lowest BCUT2D eigenvalue weighted by molar-refractivity contribution is -0.122. The van der Waals surface area contributed by atoms with E-state index in [9.17, 15) is 4.79 Å². The Hall–Kier alpha value is -2.87. The van der Waals surface area contributed by atoms with Crippen molar-refractivity contribution in [3.63, 3.8) is 0 Å². The second-order valence-corrected chi connectivity index (χ2v) is 7.48. The Morgan fingerprint density at radius 1 is 0.926 bits per heavy atom. The molecule has 0 heterocycles. The standard InChI is InChI=1S/C25H25NO/c1-19(20-10-4-2-5-11-20)26-24(27)18-25(22-13-6-3-7-14-22)17-16-21-12-8-9-15-23(21)25/h2-15,19H,16-18H2,1H3,(H,26,27)/t19-,25?/m1/s1. The highest BCUT2D eigenvalue weighted by molar-refractivity contribution is 5.79. The first-order chi connectivity index (χ1) is 13.2. The quantitative estimate of drug-likeness (QED) is 0.671. The first kappa shape index (κ1) is 17.5. The number of hydrogen-bond acceptors (Lipinski definition) is 1. The number of benzene rings is 3. The van der Waals surface area contributed by atoms with Crippen molar-refractivity contribution in [2.45, 2.75) is 37.6 Å². The van der Waals surface area contributed by atoms with Gasteiger partial charge in [0.05, 0.1) is 6.04 Å². The average molecular weight is 355 g/mol. The largest absolute Gasteiger partial charge is 0.350 e. The van der Waals surface area contributed by atoms with E-state index in [-0.39, 0.29) is 17.4 Å². The molecule has 0 fully saturated rings. The van der Waals surface area contributed by atoms with E-state index < -0.39 is 0 Å². The number of carbonyl (C=O) groups is 1. The summed E-state index contributed by atoms with van der Waals surface area (Å²) in [6, 6.07) is 29.2. The van der Waals surface area contributed by atoms with Gasteiger partial charge in [0, 0.05) is 11.8 Å². The molecule has 1 amide bonds. The Morgan fingerprint density at radius 3 is 2.30 bits per heavy atom. The lowest BCUT2D eigenvalue weighted by Gasteiger charge is -2.31. The van der Waals surface area contributed by atoms with Gasteiger partial charge in [-0.25, -0.2) is 0 Å². The Kier molecular flexibility index (Phi) is 4.81. The van der Waals surface area contributed by atoms with Crippen molar-refractivity contribution in [2.24, 2.45) is 0 Å². The molecule has 0 radical (unpaired) electrons. The summed E-state index contributed by atoms with van der Waals surface area (Å²) in [7, 11) is 0. The molecule has 1 aliphatic rings. The van der Waals surface area contributed by atoms with Crippen molar-refractivity contribution >= 4 is 5.91 Å². The molecule has 0 aromatic heterocycles. The van der Waals surface area contributed by atoms with Gasteiger partial charge in [-0.1, -0.05) is 84.9 Å². The normalized spacial score (nSPS) is 19.3. The minimum absolute atomic E-state index is 0.00294. The van der Waals surface area contributed by atoms with Crippen LogP contribution < -0.4 is 5.32 Å². The summed E-state index contributed by atoms with van der Waals surface area (Å²) in [6.07, 6.45) is 2.47. The van der Waals surface area contributed by atoms with Gasteiger partial charge in [0.15, 0.2) is 0 Å². The SMILES string of the molecule is C[C@@H](NC(=O)CC1(c2ccccc2)CCc2ccccc21)c1ccccc1. The number of carbonyl (C=O) groups excluding carboxylic acids is 1. The monoisotopic (exact) mass is 355 g/mol. The second kappa shape index (κ2) is 7.40. The zero-order valence-electron chi connectivity index (χ0n) is 15.7. The fourth-order valence-corrected chi connectivity index (χ4v) is 4.42. The van der Waals surface area contributed by atoms with Crippen molar-refractivity contribution in [1.29, 1.82) is 0 Å². The predicted octanol–water partition coefficient (Wildman–Crippen LogP) is 5.19. The molecule has 3 aromatic rings. The summed E-state index contributed by atoms with van der Waals surface area (Å²) in [5.41, 5.74) is 4.80. The second-order valence-electron chi connectivity index (χ2n) is 7.48. The highest BCUT2D eigenvalue weighted by Gasteiger charge is 2.41. The molecule has 136 valence electrons. The minimum Gasteiger partial charge on any atom is -0.350 e. The van der Waals surface area contributed by atoms with Crippen LogP contribution in [0.1, 0.15) is 48.1 Å². The molecule has 0 aliphatic heterocycles. The van der Waals surface area contributed by atoms with E-state index in [1.165, 1.54) is 16.7 Å². The summed E-state index contributed by atoms with van der Waals surface area (Å²) >= 11 is 0. The lowest BCUT2D eigenvalue weighted by Crippen LogP contribution is -2.35. The molecule has 0 saturated heterocycles. The number of amides is 1. The van der Waals surface area contributed by atoms with E-state index in [0.29, 0.717) is 6.42 Å². The number of aryl methyl sites for hydroxylation is 1. The molecule has 0 saturated carbocycles. The molecule has 4 rings (SSSR count). The van der Waals surface area contributed by atoms with Crippen LogP contribution in [0.2, 0.25) is 0 Å². The maximum atomic E-state index is 13.1. The van der Waals surface area contributed by atoms with E-state index in [4.69, 9.17) is 0 Å². The van der Waals surface area contributed by atoms with Gasteiger partial charge in [0.1, 0.15) is 0 Å². The molecule has 0 bridgehead atoms. The fraction of sp³-hybridized carbons (Fsp3) is 0.240. The van der Waals surface area contributed by atoms with Gasteiger partial charge in [-0.3, -0.25) is 4.79 Å². The van der Waals surface area contributed by atoms with E-state index in [0.717, 1.165) is 18.4 Å². The first-order valence-electron chi connectivity index (χ1n) is 9.67. The summed E-state index contributed by atoms with van der Waals surface area (Å²) < 4.78 is 0. The maximum absolute atomic E-state index is 13.1. The zero-order valence-corrected chi connectivity index (χ0v) is 15.7. The summed E-state index contributed by atoms with van der Waals surface area (Å²) in [4.78, 5) is 13.1. The Balaban J connectivity index is 1.63. The van der Waals surface area contributed by atoms with Gasteiger partial charge in [-0.05, 0) is 42.0 Å². The van der Waals surface area contributed by atoms with Crippen LogP contribution in [0.25, 0.3) is 0 Å². The average Bonchev–Trinajstić information content (AvgIpc) is 3.09. The highest BCUT2D eigenvalue weighted by Crippen LogP contribution is 2.46. The molecule has 1 unspecified atom stereocenters. The van der Waals surface area contributed by atoms with Crippen LogP contribution in [0.5, 0.6) is 0 Å². The fourth-order valence-electron chi connectivity index (χ4n) is 4.42. The van der Waals surface area contributed by atoms with Gasteiger partial charge >= 0.3 is 0 Å². The van der Waals surface area contributed by atoms with Crippen LogP contribution in [0.3, 0.4) is 0 Å². The molecule has 2 nitrogen and oxygen atoms in total. The van der Waals surface area contributed by atoms with Crippen LogP contribution in [-0.4, -0.2) is 5.91 Å². The van der Waals surface area contributed by atoms with Crippen LogP contribution in [0.15, 0.2) is 84.9 Å². The van der Waals surface area contributed by atoms with E-state index in [1.54, 1.807) is 0 Å². The minimum atomic E-state index is -0.238. The molecular weight excluding hydrogens is 330 g/mol. The maximum Gasteiger partial charge on any atom is 0.221 e. The number of rotatable bonds is 5. The molecule has 1 aliphatic carbocycles. The van der Waals surface area contributed by atoms with Gasteiger partial charge in [-0.2, -0.15) is 0 Å². The lowest BCUT2D eigenvalue weighted by atomic mass is 9.72. The van der Waals surface area contributed by atoms with E-state index in [1.807, 2.05) is 31.2 Å². The van der Waals surface area contributed by atoms with Crippen LogP contribution in [-0.2, 0) is 16.6 Å². The molecule has 1 N–H and O–H groups in total. The number of hydrogen-bond donors (Lipinski definition) is 1. The molecule has 2 atom stereocenters. The summed E-state index contributed by atoms with van der Waals surface area (Å²) in [5, 5.41) is 3.21. The smallest absolute Gasteiger partial charge is 0.221 e. The topological polar surface area (TPSA) is 29.1 Å². The Bertz CT molecular complexity index is 919. The molecule has 27 heavy (non-hydrogen) atoms. The van der Waals surface area contributed by atoms with Gasteiger partial charge < -0.3 is 5.32 Å². The van der Waals surface area contributed by atoms with Crippen molar-refractivity contribution in [1.82, 2.24) is 5.32 Å². The third kappa shape index (κ3) is 3.40. The van der Waals surface area contributed by atoms with E-state index >= 15 is 0 Å². The third-order valence-corrected chi connectivity index (χ3v) is 5.82. The number of fused-ring (bicyclic) bond motifs is 1. The van der Waals surface area contributed by atoms with Gasteiger partial charge in [0.25, 0.3) is 0 Å². The zero-order chi connectivity index (χ0) is 18.7. The van der Waals surface area contributed by atoms with E-state index in [2.05, 4.69) is 66.0 Å². The van der Waals surface area contributed by atoms with Crippen molar-refractivity contribution in [3.05, 3.63) is 107 Å². The van der Waals surface area contributed by atoms with Crippen molar-refractivity contribution in [2.75, 3.05) is 0 Å². The Labute approximate surface area is 161 Å². The summed E-state index contributed by atoms with van der Waals surface area (Å²) in [6.45, 7) is 2.05.